The predicted octanol–water partition coefficient (Wildman–Crippen LogP) is 3.43. The molecule has 0 radical (unpaired) electrons. The third kappa shape index (κ3) is 2.60. The summed E-state index contributed by atoms with van der Waals surface area (Å²) in [7, 11) is 0. The van der Waals surface area contributed by atoms with Gasteiger partial charge in [-0.25, -0.2) is 9.37 Å². The third-order valence-electron chi connectivity index (χ3n) is 3.07. The molecule has 96 valence electrons. The molecular formula is C14H16FNOS. The number of hydrogen-bond donors (Lipinski definition) is 1. The fourth-order valence-corrected chi connectivity index (χ4v) is 2.86. The van der Waals surface area contributed by atoms with E-state index in [-0.39, 0.29) is 5.82 Å². The van der Waals surface area contributed by atoms with Gasteiger partial charge in [-0.05, 0) is 19.4 Å². The first-order valence-electron chi connectivity index (χ1n) is 5.93. The Balaban J connectivity index is 2.33. The molecule has 0 aliphatic carbocycles. The minimum absolute atomic E-state index is 0.348. The van der Waals surface area contributed by atoms with Crippen LogP contribution in [0.5, 0.6) is 0 Å². The summed E-state index contributed by atoms with van der Waals surface area (Å²) in [4.78, 5) is 4.33. The van der Waals surface area contributed by atoms with Gasteiger partial charge >= 0.3 is 0 Å². The molecule has 1 aromatic carbocycles. The van der Waals surface area contributed by atoms with E-state index in [1.165, 1.54) is 17.4 Å². The second-order valence-electron chi connectivity index (χ2n) is 4.42. The number of aromatic nitrogens is 1. The van der Waals surface area contributed by atoms with Crippen LogP contribution in [-0.4, -0.2) is 10.1 Å². The van der Waals surface area contributed by atoms with Crippen molar-refractivity contribution in [2.45, 2.75) is 32.3 Å². The maximum absolute atomic E-state index is 13.8. The van der Waals surface area contributed by atoms with Gasteiger partial charge in [-0.1, -0.05) is 25.1 Å². The Bertz CT molecular complexity index is 540. The molecule has 0 aliphatic rings. The zero-order valence-electron chi connectivity index (χ0n) is 10.5. The summed E-state index contributed by atoms with van der Waals surface area (Å²) in [6, 6.07) is 6.39. The van der Waals surface area contributed by atoms with E-state index in [0.29, 0.717) is 18.4 Å². The summed E-state index contributed by atoms with van der Waals surface area (Å²) < 4.78 is 13.8. The molecule has 1 unspecified atom stereocenters. The lowest BCUT2D eigenvalue weighted by atomic mass is 9.88. The van der Waals surface area contributed by atoms with E-state index in [1.807, 2.05) is 19.2 Å². The molecule has 1 N–H and O–H groups in total. The molecule has 1 heterocycles. The van der Waals surface area contributed by atoms with Gasteiger partial charge in [-0.15, -0.1) is 11.3 Å². The summed E-state index contributed by atoms with van der Waals surface area (Å²) in [5.41, 5.74) is 0.0951. The number of aryl methyl sites for hydroxylation is 1. The lowest BCUT2D eigenvalue weighted by molar-refractivity contribution is 0.0291. The highest BCUT2D eigenvalue weighted by Crippen LogP contribution is 2.31. The minimum atomic E-state index is -1.18. The van der Waals surface area contributed by atoms with Crippen molar-refractivity contribution >= 4 is 11.3 Å². The maximum Gasteiger partial charge on any atom is 0.129 e. The maximum atomic E-state index is 13.8. The highest BCUT2D eigenvalue weighted by molar-refractivity contribution is 7.09. The van der Waals surface area contributed by atoms with Crippen molar-refractivity contribution in [1.29, 1.82) is 0 Å². The quantitative estimate of drug-likeness (QED) is 0.918. The number of hydrogen-bond acceptors (Lipinski definition) is 3. The van der Waals surface area contributed by atoms with Crippen LogP contribution in [0.2, 0.25) is 0 Å². The van der Waals surface area contributed by atoms with E-state index in [0.717, 1.165) is 10.7 Å². The topological polar surface area (TPSA) is 33.1 Å². The van der Waals surface area contributed by atoms with Crippen molar-refractivity contribution < 1.29 is 9.50 Å². The van der Waals surface area contributed by atoms with E-state index in [2.05, 4.69) is 4.98 Å². The largest absolute Gasteiger partial charge is 0.385 e. The zero-order valence-corrected chi connectivity index (χ0v) is 11.3. The Labute approximate surface area is 110 Å². The Morgan fingerprint density at radius 2 is 2.11 bits per heavy atom. The summed E-state index contributed by atoms with van der Waals surface area (Å²) in [6.45, 7) is 3.76. The van der Waals surface area contributed by atoms with E-state index >= 15 is 0 Å². The summed E-state index contributed by atoms with van der Waals surface area (Å²) in [5.74, 6) is -0.366. The molecule has 1 atom stereocenters. The molecule has 2 nitrogen and oxygen atoms in total. The molecule has 2 aromatic rings. The number of benzene rings is 1. The van der Waals surface area contributed by atoms with Gasteiger partial charge in [0.15, 0.2) is 0 Å². The first kappa shape index (κ1) is 13.2. The predicted molar refractivity (Wildman–Crippen MR) is 71.1 cm³/mol. The highest BCUT2D eigenvalue weighted by atomic mass is 32.1. The minimum Gasteiger partial charge on any atom is -0.385 e. The van der Waals surface area contributed by atoms with Crippen molar-refractivity contribution in [3.8, 4) is 0 Å². The molecule has 0 spiro atoms. The normalized spacial score (nSPS) is 14.4. The smallest absolute Gasteiger partial charge is 0.129 e. The molecule has 0 bridgehead atoms. The van der Waals surface area contributed by atoms with E-state index in [4.69, 9.17) is 0 Å². The summed E-state index contributed by atoms with van der Waals surface area (Å²) in [5, 5.41) is 13.4. The first-order valence-corrected chi connectivity index (χ1v) is 6.81. The highest BCUT2D eigenvalue weighted by Gasteiger charge is 2.31. The van der Waals surface area contributed by atoms with Gasteiger partial charge < -0.3 is 5.11 Å². The van der Waals surface area contributed by atoms with Crippen molar-refractivity contribution in [2.75, 3.05) is 0 Å². The molecule has 0 fully saturated rings. The van der Waals surface area contributed by atoms with Gasteiger partial charge in [0.1, 0.15) is 5.82 Å². The second-order valence-corrected chi connectivity index (χ2v) is 5.37. The van der Waals surface area contributed by atoms with Crippen molar-refractivity contribution in [3.05, 3.63) is 51.7 Å². The van der Waals surface area contributed by atoms with Gasteiger partial charge in [0, 0.05) is 23.1 Å². The Hall–Kier alpha value is -1.26. The fourth-order valence-electron chi connectivity index (χ4n) is 1.98. The van der Waals surface area contributed by atoms with Crippen LogP contribution in [-0.2, 0) is 12.0 Å². The van der Waals surface area contributed by atoms with E-state index in [9.17, 15) is 9.50 Å². The van der Waals surface area contributed by atoms with Gasteiger partial charge in [0.2, 0.25) is 0 Å². The van der Waals surface area contributed by atoms with Crippen LogP contribution in [0.4, 0.5) is 4.39 Å². The van der Waals surface area contributed by atoms with Crippen molar-refractivity contribution in [3.63, 3.8) is 0 Å². The third-order valence-corrected chi connectivity index (χ3v) is 4.04. The molecule has 0 saturated carbocycles. The van der Waals surface area contributed by atoms with Gasteiger partial charge in [-0.3, -0.25) is 0 Å². The van der Waals surface area contributed by atoms with E-state index in [1.54, 1.807) is 18.2 Å². The SMILES string of the molecule is CCC(O)(Cc1nc(C)cs1)c1ccccc1F. The second kappa shape index (κ2) is 5.16. The molecule has 0 amide bonds. The Morgan fingerprint density at radius 1 is 1.39 bits per heavy atom. The van der Waals surface area contributed by atoms with Gasteiger partial charge in [0.25, 0.3) is 0 Å². The standard InChI is InChI=1S/C14H16FNOS/c1-3-14(17,8-13-16-10(2)9-18-13)11-6-4-5-7-12(11)15/h4-7,9,17H,3,8H2,1-2H3. The van der Waals surface area contributed by atoms with Crippen molar-refractivity contribution in [2.24, 2.45) is 0 Å². The van der Waals surface area contributed by atoms with Crippen LogP contribution >= 0.6 is 11.3 Å². The average molecular weight is 265 g/mol. The Kier molecular flexibility index (Phi) is 3.78. The molecule has 1 aromatic heterocycles. The number of aliphatic hydroxyl groups is 1. The first-order chi connectivity index (χ1) is 8.55. The van der Waals surface area contributed by atoms with Crippen molar-refractivity contribution in [1.82, 2.24) is 4.98 Å². The van der Waals surface area contributed by atoms with E-state index < -0.39 is 5.60 Å². The van der Waals surface area contributed by atoms with Gasteiger partial charge in [-0.2, -0.15) is 0 Å². The van der Waals surface area contributed by atoms with Crippen LogP contribution in [0, 0.1) is 12.7 Å². The molecule has 0 aliphatic heterocycles. The molecule has 4 heteroatoms. The monoisotopic (exact) mass is 265 g/mol. The number of thiazole rings is 1. The average Bonchev–Trinajstić information content (AvgIpc) is 2.75. The lowest BCUT2D eigenvalue weighted by Gasteiger charge is -2.26. The van der Waals surface area contributed by atoms with Crippen LogP contribution in [0.25, 0.3) is 0 Å². The fraction of sp³-hybridized carbons (Fsp3) is 0.357. The molecular weight excluding hydrogens is 249 g/mol. The molecule has 18 heavy (non-hydrogen) atoms. The molecule has 0 saturated heterocycles. The van der Waals surface area contributed by atoms with Crippen LogP contribution in [0.1, 0.15) is 29.6 Å². The summed E-state index contributed by atoms with van der Waals surface area (Å²) >= 11 is 1.50. The molecule has 2 rings (SSSR count). The Morgan fingerprint density at radius 3 is 2.67 bits per heavy atom. The zero-order chi connectivity index (χ0) is 13.2. The van der Waals surface area contributed by atoms with Crippen LogP contribution < -0.4 is 0 Å². The number of nitrogens with zero attached hydrogens (tertiary/aromatic N) is 1. The van der Waals surface area contributed by atoms with Crippen LogP contribution in [0.15, 0.2) is 29.6 Å². The number of halogens is 1. The summed E-state index contributed by atoms with van der Waals surface area (Å²) in [6.07, 6.45) is 0.801. The van der Waals surface area contributed by atoms with Crippen LogP contribution in [0.3, 0.4) is 0 Å². The van der Waals surface area contributed by atoms with Gasteiger partial charge in [0.05, 0.1) is 10.6 Å². The number of rotatable bonds is 4. The lowest BCUT2D eigenvalue weighted by Crippen LogP contribution is -2.28.